The molecule has 0 saturated carbocycles. The second-order valence-corrected chi connectivity index (χ2v) is 8.24. The van der Waals surface area contributed by atoms with Gasteiger partial charge < -0.3 is 33.9 Å². The Hall–Kier alpha value is -1.62. The number of hydrogen-bond acceptors (Lipinski definition) is 9. The average molecular weight is 417 g/mol. The van der Waals surface area contributed by atoms with Gasteiger partial charge in [0.2, 0.25) is 0 Å². The second kappa shape index (κ2) is 10.8. The first-order valence-corrected chi connectivity index (χ1v) is 10.7. The van der Waals surface area contributed by atoms with E-state index in [2.05, 4.69) is 15.0 Å². The molecule has 1 unspecified atom stereocenters. The summed E-state index contributed by atoms with van der Waals surface area (Å²) in [6.07, 6.45) is 2.46. The number of aromatic nitrogens is 4. The molecular formula is C16H28N5O6P. The predicted octanol–water partition coefficient (Wildman–Crippen LogP) is 1.41. The summed E-state index contributed by atoms with van der Waals surface area (Å²) in [7, 11) is -2.33. The number of nitrogens with zero attached hydrogens (tertiary/aromatic N) is 4. The SMILES string of the molecule is COCCCOP(=O)(O)CO[C@H](COC(C)C)Cn1cnc2c(N)ncnc21. The Kier molecular flexibility index (Phi) is 8.74. The summed E-state index contributed by atoms with van der Waals surface area (Å²) in [5, 5.41) is 0. The fourth-order valence-electron chi connectivity index (χ4n) is 2.35. The van der Waals surface area contributed by atoms with Gasteiger partial charge in [-0.2, -0.15) is 0 Å². The van der Waals surface area contributed by atoms with E-state index in [1.165, 1.54) is 6.33 Å². The van der Waals surface area contributed by atoms with Crippen LogP contribution in [0, 0.1) is 0 Å². The number of methoxy groups -OCH3 is 1. The van der Waals surface area contributed by atoms with Crippen molar-refractivity contribution in [2.45, 2.75) is 39.0 Å². The Balaban J connectivity index is 2.00. The molecule has 12 heteroatoms. The molecule has 2 heterocycles. The number of anilines is 1. The second-order valence-electron chi connectivity index (χ2n) is 6.44. The lowest BCUT2D eigenvalue weighted by molar-refractivity contribution is -0.0320. The van der Waals surface area contributed by atoms with Crippen molar-refractivity contribution < 1.29 is 28.2 Å². The highest BCUT2D eigenvalue weighted by Crippen LogP contribution is 2.42. The van der Waals surface area contributed by atoms with Gasteiger partial charge in [0.15, 0.2) is 11.5 Å². The first kappa shape index (κ1) is 22.7. The van der Waals surface area contributed by atoms with Gasteiger partial charge in [-0.1, -0.05) is 0 Å². The minimum Gasteiger partial charge on any atom is -0.385 e. The van der Waals surface area contributed by atoms with E-state index >= 15 is 0 Å². The van der Waals surface area contributed by atoms with E-state index in [1.54, 1.807) is 18.0 Å². The molecule has 11 nitrogen and oxygen atoms in total. The number of ether oxygens (including phenoxy) is 3. The van der Waals surface area contributed by atoms with Gasteiger partial charge in [0.25, 0.3) is 0 Å². The maximum Gasteiger partial charge on any atom is 0.353 e. The number of hydrogen-bond donors (Lipinski definition) is 2. The number of rotatable bonds is 13. The first-order chi connectivity index (χ1) is 13.3. The topological polar surface area (TPSA) is 144 Å². The van der Waals surface area contributed by atoms with Crippen LogP contribution in [-0.4, -0.2) is 69.9 Å². The summed E-state index contributed by atoms with van der Waals surface area (Å²) in [5.74, 6) is 0.281. The van der Waals surface area contributed by atoms with Crippen LogP contribution >= 0.6 is 7.60 Å². The monoisotopic (exact) mass is 417 g/mol. The fraction of sp³-hybridized carbons (Fsp3) is 0.688. The number of imidazole rings is 1. The summed E-state index contributed by atoms with van der Waals surface area (Å²) in [5.41, 5.74) is 6.84. The molecule has 2 aromatic heterocycles. The molecule has 28 heavy (non-hydrogen) atoms. The molecule has 0 spiro atoms. The third-order valence-corrected chi connectivity index (χ3v) is 4.77. The van der Waals surface area contributed by atoms with Gasteiger partial charge in [0.05, 0.1) is 38.3 Å². The van der Waals surface area contributed by atoms with Crippen LogP contribution in [0.15, 0.2) is 12.7 Å². The predicted molar refractivity (Wildman–Crippen MR) is 103 cm³/mol. The molecule has 0 aromatic carbocycles. The molecule has 0 saturated heterocycles. The molecule has 0 aliphatic carbocycles. The quantitative estimate of drug-likeness (QED) is 0.362. The van der Waals surface area contributed by atoms with E-state index < -0.39 is 20.0 Å². The lowest BCUT2D eigenvalue weighted by atomic mass is 10.3. The fourth-order valence-corrected chi connectivity index (χ4v) is 3.24. The molecule has 3 N–H and O–H groups in total. The molecule has 2 aromatic rings. The minimum atomic E-state index is -3.88. The molecule has 0 bridgehead atoms. The van der Waals surface area contributed by atoms with Gasteiger partial charge in [0, 0.05) is 13.7 Å². The molecule has 0 aliphatic rings. The van der Waals surface area contributed by atoms with Gasteiger partial charge >= 0.3 is 7.60 Å². The van der Waals surface area contributed by atoms with E-state index in [1.807, 2.05) is 13.8 Å². The van der Waals surface area contributed by atoms with Crippen LogP contribution < -0.4 is 5.73 Å². The van der Waals surface area contributed by atoms with Crippen molar-refractivity contribution in [1.29, 1.82) is 0 Å². The lowest BCUT2D eigenvalue weighted by Crippen LogP contribution is -2.27. The van der Waals surface area contributed by atoms with Gasteiger partial charge in [-0.3, -0.25) is 4.57 Å². The largest absolute Gasteiger partial charge is 0.385 e. The van der Waals surface area contributed by atoms with Crippen LogP contribution in [0.2, 0.25) is 0 Å². The zero-order valence-electron chi connectivity index (χ0n) is 16.4. The van der Waals surface area contributed by atoms with Crippen molar-refractivity contribution in [3.8, 4) is 0 Å². The molecule has 158 valence electrons. The van der Waals surface area contributed by atoms with Gasteiger partial charge in [-0.05, 0) is 20.3 Å². The first-order valence-electron chi connectivity index (χ1n) is 8.92. The molecule has 2 atom stereocenters. The van der Waals surface area contributed by atoms with Crippen LogP contribution in [-0.2, 0) is 29.8 Å². The summed E-state index contributed by atoms with van der Waals surface area (Å²) < 4.78 is 35.1. The molecule has 2 rings (SSSR count). The van der Waals surface area contributed by atoms with E-state index in [0.29, 0.717) is 30.7 Å². The molecule has 0 aliphatic heterocycles. The van der Waals surface area contributed by atoms with Crippen molar-refractivity contribution in [3.63, 3.8) is 0 Å². The molecule has 0 fully saturated rings. The Morgan fingerprint density at radius 1 is 1.25 bits per heavy atom. The van der Waals surface area contributed by atoms with Crippen molar-refractivity contribution in [3.05, 3.63) is 12.7 Å². The van der Waals surface area contributed by atoms with E-state index in [0.717, 1.165) is 0 Å². The van der Waals surface area contributed by atoms with Crippen LogP contribution in [0.4, 0.5) is 5.82 Å². The van der Waals surface area contributed by atoms with Gasteiger partial charge in [-0.25, -0.2) is 15.0 Å². The summed E-state index contributed by atoms with van der Waals surface area (Å²) in [4.78, 5) is 22.3. The normalized spacial score (nSPS) is 15.2. The smallest absolute Gasteiger partial charge is 0.353 e. The molecular weight excluding hydrogens is 389 g/mol. The minimum absolute atomic E-state index is 0.0187. The maximum absolute atomic E-state index is 12.1. The van der Waals surface area contributed by atoms with Gasteiger partial charge in [0.1, 0.15) is 18.2 Å². The number of fused-ring (bicyclic) bond motifs is 1. The number of nitrogens with two attached hydrogens (primary N) is 1. The Bertz CT molecular complexity index is 786. The van der Waals surface area contributed by atoms with E-state index in [9.17, 15) is 9.46 Å². The van der Waals surface area contributed by atoms with Crippen molar-refractivity contribution in [2.24, 2.45) is 0 Å². The zero-order chi connectivity index (χ0) is 20.6. The van der Waals surface area contributed by atoms with Crippen LogP contribution in [0.25, 0.3) is 11.2 Å². The summed E-state index contributed by atoms with van der Waals surface area (Å²) >= 11 is 0. The van der Waals surface area contributed by atoms with Crippen LogP contribution in [0.5, 0.6) is 0 Å². The van der Waals surface area contributed by atoms with Crippen molar-refractivity contribution in [1.82, 2.24) is 19.5 Å². The Morgan fingerprint density at radius 2 is 2.04 bits per heavy atom. The molecule has 0 amide bonds. The highest BCUT2D eigenvalue weighted by Gasteiger charge is 2.24. The van der Waals surface area contributed by atoms with Crippen molar-refractivity contribution >= 4 is 24.6 Å². The van der Waals surface area contributed by atoms with Crippen LogP contribution in [0.3, 0.4) is 0 Å². The Morgan fingerprint density at radius 3 is 2.75 bits per heavy atom. The summed E-state index contributed by atoms with van der Waals surface area (Å²) in [6, 6.07) is 0. The van der Waals surface area contributed by atoms with E-state index in [-0.39, 0.29) is 25.1 Å². The molecule has 0 radical (unpaired) electrons. The Labute approximate surface area is 163 Å². The standard InChI is InChI=1S/C16H28N5O6P/c1-12(2)25-8-13(26-11-28(22,23)27-6-4-5-24-3)7-21-10-20-14-15(17)18-9-19-16(14)21/h9-10,12-13H,4-8,11H2,1-3H3,(H,22,23)(H2,17,18,19)/t13-/m0/s1. The van der Waals surface area contributed by atoms with E-state index in [4.69, 9.17) is 24.5 Å². The maximum atomic E-state index is 12.1. The highest BCUT2D eigenvalue weighted by molar-refractivity contribution is 7.52. The lowest BCUT2D eigenvalue weighted by Gasteiger charge is -2.21. The third-order valence-electron chi connectivity index (χ3n) is 3.70. The average Bonchev–Trinajstić information content (AvgIpc) is 3.05. The summed E-state index contributed by atoms with van der Waals surface area (Å²) in [6.45, 7) is 4.89. The number of nitrogen functional groups attached to an aromatic ring is 1. The third kappa shape index (κ3) is 7.08. The zero-order valence-corrected chi connectivity index (χ0v) is 17.2. The van der Waals surface area contributed by atoms with Gasteiger partial charge in [-0.15, -0.1) is 0 Å². The van der Waals surface area contributed by atoms with Crippen molar-refractivity contribution in [2.75, 3.05) is 39.0 Å². The highest BCUT2D eigenvalue weighted by atomic mass is 31.2. The van der Waals surface area contributed by atoms with Crippen LogP contribution in [0.1, 0.15) is 20.3 Å².